The molecule has 19 heavy (non-hydrogen) atoms. The van der Waals surface area contributed by atoms with Crippen LogP contribution in [-0.2, 0) is 4.74 Å². The van der Waals surface area contributed by atoms with Crippen molar-refractivity contribution in [3.63, 3.8) is 0 Å². The lowest BCUT2D eigenvalue weighted by molar-refractivity contribution is 0.0601. The highest BCUT2D eigenvalue weighted by atomic mass is 16.5. The average Bonchev–Trinajstić information content (AvgIpc) is 2.74. The van der Waals surface area contributed by atoms with E-state index >= 15 is 0 Å². The highest BCUT2D eigenvalue weighted by Crippen LogP contribution is 2.16. The molecule has 0 fully saturated rings. The van der Waals surface area contributed by atoms with Crippen LogP contribution in [0.5, 0.6) is 0 Å². The Balaban J connectivity index is 2.15. The molecule has 1 heterocycles. The maximum atomic E-state index is 11.3. The van der Waals surface area contributed by atoms with Crippen LogP contribution in [0.25, 0.3) is 0 Å². The van der Waals surface area contributed by atoms with E-state index < -0.39 is 0 Å². The van der Waals surface area contributed by atoms with Crippen LogP contribution >= 0.6 is 0 Å². The number of carbonyl (C=O) groups excluding carboxylic acids is 1. The number of esters is 1. The number of aryl methyl sites for hydroxylation is 2. The quantitative estimate of drug-likeness (QED) is 0.625. The van der Waals surface area contributed by atoms with Crippen molar-refractivity contribution < 1.29 is 13.9 Å². The number of benzene rings is 1. The monoisotopic (exact) mass is 257 g/mol. The third kappa shape index (κ3) is 3.10. The van der Waals surface area contributed by atoms with Gasteiger partial charge in [0.1, 0.15) is 11.5 Å². The summed E-state index contributed by atoms with van der Waals surface area (Å²) in [6, 6.07) is 8.84. The molecule has 0 amide bonds. The number of ether oxygens (including phenoxy) is 1. The lowest BCUT2D eigenvalue weighted by Crippen LogP contribution is -1.99. The molecule has 0 radical (unpaired) electrons. The van der Waals surface area contributed by atoms with Crippen molar-refractivity contribution in [1.29, 1.82) is 0 Å². The molecule has 0 aliphatic heterocycles. The van der Waals surface area contributed by atoms with Crippen molar-refractivity contribution in [3.8, 4) is 0 Å². The fraction of sp³-hybridized carbons (Fsp3) is 0.200. The van der Waals surface area contributed by atoms with Gasteiger partial charge < -0.3 is 9.15 Å². The van der Waals surface area contributed by atoms with Crippen molar-refractivity contribution in [2.24, 2.45) is 4.99 Å². The first-order valence-electron chi connectivity index (χ1n) is 5.89. The molecule has 4 nitrogen and oxygen atoms in total. The summed E-state index contributed by atoms with van der Waals surface area (Å²) in [6.45, 7) is 3.80. The van der Waals surface area contributed by atoms with Gasteiger partial charge in [-0.2, -0.15) is 0 Å². The van der Waals surface area contributed by atoms with Crippen LogP contribution in [0.3, 0.4) is 0 Å². The van der Waals surface area contributed by atoms with Crippen molar-refractivity contribution in [3.05, 3.63) is 53.0 Å². The van der Waals surface area contributed by atoms with Crippen LogP contribution < -0.4 is 0 Å². The Morgan fingerprint density at radius 2 is 1.95 bits per heavy atom. The zero-order valence-corrected chi connectivity index (χ0v) is 11.1. The van der Waals surface area contributed by atoms with Crippen LogP contribution in [0.4, 0.5) is 5.69 Å². The largest absolute Gasteiger partial charge is 0.466 e. The number of nitrogens with zero attached hydrogens (tertiary/aromatic N) is 1. The summed E-state index contributed by atoms with van der Waals surface area (Å²) in [6.07, 6.45) is 1.75. The Hall–Kier alpha value is -2.36. The molecule has 0 saturated carbocycles. The first-order chi connectivity index (χ1) is 9.10. The van der Waals surface area contributed by atoms with Gasteiger partial charge in [0.05, 0.1) is 18.4 Å². The number of furan rings is 1. The number of rotatable bonds is 3. The van der Waals surface area contributed by atoms with Gasteiger partial charge in [0, 0.05) is 11.8 Å². The van der Waals surface area contributed by atoms with E-state index in [-0.39, 0.29) is 5.97 Å². The summed E-state index contributed by atoms with van der Waals surface area (Å²) in [5.74, 6) is 1.35. The second kappa shape index (κ2) is 5.52. The van der Waals surface area contributed by atoms with Crippen molar-refractivity contribution in [2.45, 2.75) is 13.8 Å². The summed E-state index contributed by atoms with van der Waals surface area (Å²) in [7, 11) is 1.36. The topological polar surface area (TPSA) is 51.8 Å². The van der Waals surface area contributed by atoms with E-state index in [1.165, 1.54) is 7.11 Å². The summed E-state index contributed by atoms with van der Waals surface area (Å²) in [5.41, 5.74) is 2.23. The van der Waals surface area contributed by atoms with Gasteiger partial charge in [-0.25, -0.2) is 4.79 Å². The maximum Gasteiger partial charge on any atom is 0.337 e. The van der Waals surface area contributed by atoms with E-state index in [4.69, 9.17) is 4.42 Å². The second-order valence-electron chi connectivity index (χ2n) is 4.17. The molecule has 0 bridgehead atoms. The number of methoxy groups -OCH3 is 1. The molecule has 0 saturated heterocycles. The molecule has 1 aromatic heterocycles. The average molecular weight is 257 g/mol. The molecule has 98 valence electrons. The lowest BCUT2D eigenvalue weighted by atomic mass is 10.2. The first kappa shape index (κ1) is 13.1. The predicted octanol–water partition coefficient (Wildman–Crippen LogP) is 3.43. The van der Waals surface area contributed by atoms with Gasteiger partial charge in [0.15, 0.2) is 0 Å². The standard InChI is InChI=1S/C15H15NO3/c1-10-8-13(11(2)19-10)9-16-14-6-4-12(5-7-14)15(17)18-3/h4-9H,1-3H3. The molecule has 0 aliphatic carbocycles. The van der Waals surface area contributed by atoms with Gasteiger partial charge in [-0.15, -0.1) is 0 Å². The van der Waals surface area contributed by atoms with Gasteiger partial charge in [0.2, 0.25) is 0 Å². The molecule has 0 unspecified atom stereocenters. The van der Waals surface area contributed by atoms with Gasteiger partial charge in [-0.05, 0) is 44.2 Å². The van der Waals surface area contributed by atoms with E-state index in [2.05, 4.69) is 9.73 Å². The minimum absolute atomic E-state index is 0.350. The number of hydrogen-bond acceptors (Lipinski definition) is 4. The van der Waals surface area contributed by atoms with E-state index in [9.17, 15) is 4.79 Å². The van der Waals surface area contributed by atoms with Crippen LogP contribution in [-0.4, -0.2) is 19.3 Å². The summed E-state index contributed by atoms with van der Waals surface area (Å²) < 4.78 is 10.0. The van der Waals surface area contributed by atoms with E-state index in [1.807, 2.05) is 19.9 Å². The normalized spacial score (nSPS) is 10.9. The molecular formula is C15H15NO3. The Kier molecular flexibility index (Phi) is 3.80. The molecule has 0 aliphatic rings. The van der Waals surface area contributed by atoms with E-state index in [0.29, 0.717) is 5.56 Å². The smallest absolute Gasteiger partial charge is 0.337 e. The Morgan fingerprint density at radius 1 is 1.26 bits per heavy atom. The van der Waals surface area contributed by atoms with Gasteiger partial charge in [-0.3, -0.25) is 4.99 Å². The summed E-state index contributed by atoms with van der Waals surface area (Å²) in [5, 5.41) is 0. The van der Waals surface area contributed by atoms with E-state index in [1.54, 1.807) is 30.5 Å². The zero-order chi connectivity index (χ0) is 13.8. The molecule has 4 heteroatoms. The molecule has 0 atom stereocenters. The third-order valence-electron chi connectivity index (χ3n) is 2.72. The molecule has 2 rings (SSSR count). The minimum atomic E-state index is -0.350. The lowest BCUT2D eigenvalue weighted by Gasteiger charge is -1.98. The number of aliphatic imine (C=N–C) groups is 1. The molecule has 0 spiro atoms. The fourth-order valence-electron chi connectivity index (χ4n) is 1.72. The van der Waals surface area contributed by atoms with Crippen molar-refractivity contribution >= 4 is 17.9 Å². The fourth-order valence-corrected chi connectivity index (χ4v) is 1.72. The number of hydrogen-bond donors (Lipinski definition) is 0. The Bertz CT molecular complexity index is 609. The minimum Gasteiger partial charge on any atom is -0.466 e. The highest BCUT2D eigenvalue weighted by molar-refractivity contribution is 5.90. The van der Waals surface area contributed by atoms with Gasteiger partial charge >= 0.3 is 5.97 Å². The SMILES string of the molecule is COC(=O)c1ccc(N=Cc2cc(C)oc2C)cc1. The third-order valence-corrected chi connectivity index (χ3v) is 2.72. The van der Waals surface area contributed by atoms with Crippen molar-refractivity contribution in [1.82, 2.24) is 0 Å². The summed E-state index contributed by atoms with van der Waals surface area (Å²) >= 11 is 0. The molecule has 1 aromatic carbocycles. The van der Waals surface area contributed by atoms with Crippen LogP contribution in [0.2, 0.25) is 0 Å². The van der Waals surface area contributed by atoms with Crippen LogP contribution in [0.1, 0.15) is 27.4 Å². The predicted molar refractivity (Wildman–Crippen MR) is 73.2 cm³/mol. The number of carbonyl (C=O) groups is 1. The molecule has 0 N–H and O–H groups in total. The highest BCUT2D eigenvalue weighted by Gasteiger charge is 2.04. The van der Waals surface area contributed by atoms with Gasteiger partial charge in [0.25, 0.3) is 0 Å². The van der Waals surface area contributed by atoms with E-state index in [0.717, 1.165) is 22.8 Å². The maximum absolute atomic E-state index is 11.3. The summed E-state index contributed by atoms with van der Waals surface area (Å²) in [4.78, 5) is 15.6. The Labute approximate surface area is 111 Å². The van der Waals surface area contributed by atoms with Gasteiger partial charge in [-0.1, -0.05) is 0 Å². The van der Waals surface area contributed by atoms with Crippen LogP contribution in [0.15, 0.2) is 39.7 Å². The molecule has 2 aromatic rings. The van der Waals surface area contributed by atoms with Crippen LogP contribution in [0, 0.1) is 13.8 Å². The molecular weight excluding hydrogens is 242 g/mol. The van der Waals surface area contributed by atoms with Crippen molar-refractivity contribution in [2.75, 3.05) is 7.11 Å². The first-order valence-corrected chi connectivity index (χ1v) is 5.89. The Morgan fingerprint density at radius 3 is 2.47 bits per heavy atom. The zero-order valence-electron chi connectivity index (χ0n) is 11.1. The second-order valence-corrected chi connectivity index (χ2v) is 4.17.